The molecular weight excluding hydrogens is 256 g/mol. The number of aryl methyl sites for hydroxylation is 2. The Hall–Kier alpha value is -0.960. The lowest BCUT2D eigenvalue weighted by Gasteiger charge is -2.25. The molecule has 0 radical (unpaired) electrons. The zero-order chi connectivity index (χ0) is 15.2. The molecule has 0 aliphatic carbocycles. The third kappa shape index (κ3) is 5.58. The van der Waals surface area contributed by atoms with Crippen molar-refractivity contribution in [2.45, 2.75) is 53.4 Å². The average Bonchev–Trinajstić information content (AvgIpc) is 2.37. The van der Waals surface area contributed by atoms with Crippen molar-refractivity contribution in [2.75, 3.05) is 13.1 Å². The Kier molecular flexibility index (Phi) is 6.60. The van der Waals surface area contributed by atoms with Crippen LogP contribution in [-0.4, -0.2) is 13.1 Å². The molecule has 0 saturated carbocycles. The summed E-state index contributed by atoms with van der Waals surface area (Å²) in [6, 6.07) is 2.64. The first-order chi connectivity index (χ1) is 9.35. The van der Waals surface area contributed by atoms with Crippen LogP contribution in [0.15, 0.2) is 12.1 Å². The van der Waals surface area contributed by atoms with Crippen molar-refractivity contribution in [1.82, 2.24) is 5.32 Å². The van der Waals surface area contributed by atoms with Gasteiger partial charge in [-0.15, -0.1) is 0 Å². The minimum atomic E-state index is -0.464. The zero-order valence-electron chi connectivity index (χ0n) is 13.2. The Bertz CT molecular complexity index is 427. The second-order valence-corrected chi connectivity index (χ2v) is 6.36. The molecule has 1 nitrogen and oxygen atoms in total. The van der Waals surface area contributed by atoms with Gasteiger partial charge in [-0.3, -0.25) is 0 Å². The van der Waals surface area contributed by atoms with Gasteiger partial charge in [0.15, 0.2) is 0 Å². The predicted molar refractivity (Wildman–Crippen MR) is 81.0 cm³/mol. The largest absolute Gasteiger partial charge is 0.317 e. The zero-order valence-corrected chi connectivity index (χ0v) is 13.2. The van der Waals surface area contributed by atoms with Crippen LogP contribution >= 0.6 is 0 Å². The summed E-state index contributed by atoms with van der Waals surface area (Å²) in [5, 5.41) is 3.39. The lowest BCUT2D eigenvalue weighted by molar-refractivity contribution is 0.301. The summed E-state index contributed by atoms with van der Waals surface area (Å²) in [7, 11) is 0. The maximum atomic E-state index is 13.7. The van der Waals surface area contributed by atoms with Crippen molar-refractivity contribution in [1.29, 1.82) is 0 Å². The molecule has 0 aliphatic heterocycles. The lowest BCUT2D eigenvalue weighted by atomic mass is 9.83. The molecule has 0 saturated heterocycles. The Balaban J connectivity index is 2.51. The highest BCUT2D eigenvalue weighted by Crippen LogP contribution is 2.27. The van der Waals surface area contributed by atoms with Crippen LogP contribution in [-0.2, 0) is 6.42 Å². The van der Waals surface area contributed by atoms with Crippen LogP contribution < -0.4 is 5.32 Å². The molecule has 1 rings (SSSR count). The van der Waals surface area contributed by atoms with Gasteiger partial charge in [-0.2, -0.15) is 0 Å². The molecule has 0 fully saturated rings. The smallest absolute Gasteiger partial charge is 0.129 e. The number of hydrogen-bond acceptors (Lipinski definition) is 1. The molecule has 3 heteroatoms. The summed E-state index contributed by atoms with van der Waals surface area (Å²) in [6.45, 7) is 10.3. The highest BCUT2D eigenvalue weighted by molar-refractivity contribution is 5.25. The van der Waals surface area contributed by atoms with Gasteiger partial charge in [0.05, 0.1) is 0 Å². The molecule has 0 aromatic heterocycles. The highest BCUT2D eigenvalue weighted by atomic mass is 19.1. The van der Waals surface area contributed by atoms with E-state index in [0.717, 1.165) is 38.4 Å². The first-order valence-electron chi connectivity index (χ1n) is 7.51. The van der Waals surface area contributed by atoms with Crippen LogP contribution in [0.3, 0.4) is 0 Å². The summed E-state index contributed by atoms with van der Waals surface area (Å²) < 4.78 is 26.9. The second-order valence-electron chi connectivity index (χ2n) is 6.36. The minimum absolute atomic E-state index is 0.162. The van der Waals surface area contributed by atoms with Crippen LogP contribution in [0.1, 0.15) is 51.2 Å². The Morgan fingerprint density at radius 1 is 1.05 bits per heavy atom. The third-order valence-electron chi connectivity index (χ3n) is 3.80. The van der Waals surface area contributed by atoms with E-state index in [1.165, 1.54) is 0 Å². The molecule has 1 aromatic carbocycles. The summed E-state index contributed by atoms with van der Waals surface area (Å²) >= 11 is 0. The van der Waals surface area contributed by atoms with E-state index < -0.39 is 11.6 Å². The molecule has 0 atom stereocenters. The van der Waals surface area contributed by atoms with E-state index in [-0.39, 0.29) is 5.41 Å². The molecule has 1 aromatic rings. The van der Waals surface area contributed by atoms with Crippen LogP contribution in [0.5, 0.6) is 0 Å². The Morgan fingerprint density at radius 3 is 2.40 bits per heavy atom. The second kappa shape index (κ2) is 7.72. The van der Waals surface area contributed by atoms with Gasteiger partial charge in [0.25, 0.3) is 0 Å². The average molecular weight is 283 g/mol. The highest BCUT2D eigenvalue weighted by Gasteiger charge is 2.18. The molecule has 1 N–H and O–H groups in total. The van der Waals surface area contributed by atoms with E-state index in [1.807, 2.05) is 0 Å². The van der Waals surface area contributed by atoms with Gasteiger partial charge >= 0.3 is 0 Å². The summed E-state index contributed by atoms with van der Waals surface area (Å²) in [5.41, 5.74) is 1.30. The lowest BCUT2D eigenvalue weighted by Crippen LogP contribution is -2.23. The normalized spacial score (nSPS) is 11.9. The van der Waals surface area contributed by atoms with Crippen LogP contribution in [0.4, 0.5) is 8.78 Å². The van der Waals surface area contributed by atoms with Gasteiger partial charge in [-0.25, -0.2) is 8.78 Å². The molecule has 20 heavy (non-hydrogen) atoms. The molecule has 0 heterocycles. The van der Waals surface area contributed by atoms with Crippen molar-refractivity contribution in [3.8, 4) is 0 Å². The van der Waals surface area contributed by atoms with Gasteiger partial charge in [-0.1, -0.05) is 26.8 Å². The maximum absolute atomic E-state index is 13.7. The van der Waals surface area contributed by atoms with E-state index in [9.17, 15) is 8.78 Å². The molecule has 114 valence electrons. The van der Waals surface area contributed by atoms with E-state index in [4.69, 9.17) is 0 Å². The van der Waals surface area contributed by atoms with E-state index >= 15 is 0 Å². The minimum Gasteiger partial charge on any atom is -0.317 e. The number of rotatable bonds is 8. The van der Waals surface area contributed by atoms with Gasteiger partial charge in [0.2, 0.25) is 0 Å². The van der Waals surface area contributed by atoms with E-state index in [0.29, 0.717) is 17.5 Å². The molecule has 0 aliphatic rings. The van der Waals surface area contributed by atoms with Crippen molar-refractivity contribution in [2.24, 2.45) is 5.41 Å². The number of halogens is 2. The predicted octanol–water partition coefficient (Wildman–Crippen LogP) is 4.62. The fraction of sp³-hybridized carbons (Fsp3) is 0.647. The fourth-order valence-corrected chi connectivity index (χ4v) is 2.24. The quantitative estimate of drug-likeness (QED) is 0.686. The first kappa shape index (κ1) is 17.1. The third-order valence-corrected chi connectivity index (χ3v) is 3.80. The van der Waals surface area contributed by atoms with E-state index in [1.54, 1.807) is 13.0 Å². The molecule has 0 unspecified atom stereocenters. The number of benzene rings is 1. The monoisotopic (exact) mass is 283 g/mol. The first-order valence-corrected chi connectivity index (χ1v) is 7.51. The van der Waals surface area contributed by atoms with Crippen LogP contribution in [0.2, 0.25) is 0 Å². The van der Waals surface area contributed by atoms with Crippen LogP contribution in [0.25, 0.3) is 0 Å². The summed E-state index contributed by atoms with van der Waals surface area (Å²) in [6.07, 6.45) is 3.77. The van der Waals surface area contributed by atoms with Gasteiger partial charge in [-0.05, 0) is 62.2 Å². The van der Waals surface area contributed by atoms with Crippen LogP contribution in [0, 0.1) is 24.0 Å². The molecule has 0 amide bonds. The number of nitrogens with one attached hydrogen (secondary N) is 1. The number of hydrogen-bond donors (Lipinski definition) is 1. The van der Waals surface area contributed by atoms with Crippen molar-refractivity contribution >= 4 is 0 Å². The van der Waals surface area contributed by atoms with Gasteiger partial charge in [0.1, 0.15) is 11.6 Å². The van der Waals surface area contributed by atoms with Crippen molar-refractivity contribution in [3.63, 3.8) is 0 Å². The molecule has 0 bridgehead atoms. The van der Waals surface area contributed by atoms with Gasteiger partial charge < -0.3 is 5.32 Å². The SMILES string of the molecule is CCCNCCC(C)(C)CCc1cc(C)c(F)cc1F. The standard InChI is InChI=1S/C17H27F2N/c1-5-9-20-10-8-17(3,4)7-6-14-11-13(2)15(18)12-16(14)19/h11-12,20H,5-10H2,1-4H3. The Morgan fingerprint density at radius 2 is 1.75 bits per heavy atom. The topological polar surface area (TPSA) is 12.0 Å². The van der Waals surface area contributed by atoms with Gasteiger partial charge in [0, 0.05) is 6.07 Å². The summed E-state index contributed by atoms with van der Waals surface area (Å²) in [5.74, 6) is -0.887. The van der Waals surface area contributed by atoms with E-state index in [2.05, 4.69) is 26.1 Å². The molecule has 0 spiro atoms. The molecular formula is C17H27F2N. The summed E-state index contributed by atoms with van der Waals surface area (Å²) in [4.78, 5) is 0. The van der Waals surface area contributed by atoms with Crippen molar-refractivity contribution in [3.05, 3.63) is 34.9 Å². The Labute approximate surface area is 121 Å². The fourth-order valence-electron chi connectivity index (χ4n) is 2.24. The maximum Gasteiger partial charge on any atom is 0.129 e. The van der Waals surface area contributed by atoms with Crippen molar-refractivity contribution < 1.29 is 8.78 Å².